The third kappa shape index (κ3) is 3.95. The highest BCUT2D eigenvalue weighted by Gasteiger charge is 2.30. The molecule has 1 saturated heterocycles. The minimum absolute atomic E-state index is 0. The summed E-state index contributed by atoms with van der Waals surface area (Å²) in [6, 6.07) is 2.91. The van der Waals surface area contributed by atoms with Crippen LogP contribution in [0.25, 0.3) is 0 Å². The van der Waals surface area contributed by atoms with Crippen LogP contribution in [-0.4, -0.2) is 57.0 Å². The zero-order chi connectivity index (χ0) is 15.5. The van der Waals surface area contributed by atoms with E-state index in [4.69, 9.17) is 0 Å². The van der Waals surface area contributed by atoms with Crippen LogP contribution in [0.5, 0.6) is 0 Å². The van der Waals surface area contributed by atoms with Crippen LogP contribution >= 0.6 is 12.4 Å². The van der Waals surface area contributed by atoms with Gasteiger partial charge in [-0.3, -0.25) is 0 Å². The minimum atomic E-state index is -3.58. The number of esters is 1. The fourth-order valence-electron chi connectivity index (χ4n) is 2.30. The number of carbonyl (C=O) groups excluding carboxylic acids is 1. The standard InChI is InChI=1S/C13H19N3O4S.ClH/c1-14-10-4-3-7-16(9-10)21(18,19)11-5-6-12(15-8-11)13(17)20-2;/h5-6,8,10,14H,3-4,7,9H2,1-2H3;1H. The molecule has 0 amide bonds. The lowest BCUT2D eigenvalue weighted by atomic mass is 10.1. The van der Waals surface area contributed by atoms with E-state index in [1.54, 1.807) is 0 Å². The molecule has 2 heterocycles. The minimum Gasteiger partial charge on any atom is -0.464 e. The van der Waals surface area contributed by atoms with Gasteiger partial charge in [-0.15, -0.1) is 12.4 Å². The smallest absolute Gasteiger partial charge is 0.356 e. The third-order valence-corrected chi connectivity index (χ3v) is 5.41. The molecule has 0 spiro atoms. The SMILES string of the molecule is CNC1CCCN(S(=O)(=O)c2ccc(C(=O)OC)nc2)C1.Cl. The summed E-state index contributed by atoms with van der Waals surface area (Å²) in [4.78, 5) is 15.2. The van der Waals surface area contributed by atoms with Crippen LogP contribution in [-0.2, 0) is 14.8 Å². The average molecular weight is 350 g/mol. The van der Waals surface area contributed by atoms with Crippen molar-refractivity contribution in [2.45, 2.75) is 23.8 Å². The topological polar surface area (TPSA) is 88.6 Å². The molecular weight excluding hydrogens is 330 g/mol. The molecule has 2 rings (SSSR count). The highest BCUT2D eigenvalue weighted by atomic mass is 35.5. The van der Waals surface area contributed by atoms with Gasteiger partial charge in [-0.2, -0.15) is 4.31 Å². The summed E-state index contributed by atoms with van der Waals surface area (Å²) < 4.78 is 31.1. The number of methoxy groups -OCH3 is 1. The van der Waals surface area contributed by atoms with Crippen molar-refractivity contribution in [3.8, 4) is 0 Å². The van der Waals surface area contributed by atoms with Gasteiger partial charge in [0, 0.05) is 25.3 Å². The van der Waals surface area contributed by atoms with Crippen LogP contribution in [0.1, 0.15) is 23.3 Å². The molecule has 0 aromatic carbocycles. The number of pyridine rings is 1. The van der Waals surface area contributed by atoms with Crippen LogP contribution in [0.2, 0.25) is 0 Å². The Bertz CT molecular complexity index is 606. The molecule has 0 bridgehead atoms. The number of likely N-dealkylation sites (N-methyl/N-ethyl adjacent to an activating group) is 1. The third-order valence-electron chi connectivity index (χ3n) is 3.56. The van der Waals surface area contributed by atoms with Crippen molar-refractivity contribution in [2.24, 2.45) is 0 Å². The molecule has 9 heteroatoms. The maximum atomic E-state index is 12.5. The first kappa shape index (κ1) is 18.8. The van der Waals surface area contributed by atoms with Gasteiger partial charge in [-0.05, 0) is 32.0 Å². The lowest BCUT2D eigenvalue weighted by molar-refractivity contribution is 0.0594. The van der Waals surface area contributed by atoms with E-state index in [1.807, 2.05) is 7.05 Å². The number of rotatable bonds is 4. The van der Waals surface area contributed by atoms with Crippen LogP contribution in [0.15, 0.2) is 23.2 Å². The van der Waals surface area contributed by atoms with Gasteiger partial charge in [-0.1, -0.05) is 0 Å². The van der Waals surface area contributed by atoms with Crippen LogP contribution in [0.4, 0.5) is 0 Å². The summed E-state index contributed by atoms with van der Waals surface area (Å²) in [7, 11) is -0.498. The van der Waals surface area contributed by atoms with Crippen molar-refractivity contribution in [3.05, 3.63) is 24.0 Å². The number of halogens is 1. The molecule has 1 fully saturated rings. The van der Waals surface area contributed by atoms with E-state index >= 15 is 0 Å². The molecule has 1 aromatic heterocycles. The fraction of sp³-hybridized carbons (Fsp3) is 0.538. The summed E-state index contributed by atoms with van der Waals surface area (Å²) in [5.41, 5.74) is 0.0863. The molecule has 7 nitrogen and oxygen atoms in total. The van der Waals surface area contributed by atoms with E-state index in [-0.39, 0.29) is 29.0 Å². The molecule has 1 unspecified atom stereocenters. The molecular formula is C13H20ClN3O4S. The lowest BCUT2D eigenvalue weighted by Crippen LogP contribution is -2.46. The van der Waals surface area contributed by atoms with Crippen molar-refractivity contribution >= 4 is 28.4 Å². The number of piperidine rings is 1. The number of hydrogen-bond donors (Lipinski definition) is 1. The van der Waals surface area contributed by atoms with Gasteiger partial charge in [0.25, 0.3) is 0 Å². The molecule has 1 aliphatic heterocycles. The Morgan fingerprint density at radius 2 is 2.18 bits per heavy atom. The van der Waals surface area contributed by atoms with Gasteiger partial charge in [0.15, 0.2) is 0 Å². The van der Waals surface area contributed by atoms with Crippen molar-refractivity contribution in [3.63, 3.8) is 0 Å². The molecule has 1 atom stereocenters. The van der Waals surface area contributed by atoms with Gasteiger partial charge in [-0.25, -0.2) is 18.2 Å². The van der Waals surface area contributed by atoms with Crippen molar-refractivity contribution < 1.29 is 17.9 Å². The number of sulfonamides is 1. The average Bonchev–Trinajstić information content (AvgIpc) is 2.54. The Labute approximate surface area is 136 Å². The molecule has 0 saturated carbocycles. The molecule has 22 heavy (non-hydrogen) atoms. The first-order valence-electron chi connectivity index (χ1n) is 6.71. The number of hydrogen-bond acceptors (Lipinski definition) is 6. The van der Waals surface area contributed by atoms with Gasteiger partial charge in [0.2, 0.25) is 10.0 Å². The second-order valence-corrected chi connectivity index (χ2v) is 6.80. The largest absolute Gasteiger partial charge is 0.464 e. The van der Waals surface area contributed by atoms with Crippen LogP contribution in [0, 0.1) is 0 Å². The van der Waals surface area contributed by atoms with Crippen molar-refractivity contribution in [2.75, 3.05) is 27.2 Å². The first-order valence-corrected chi connectivity index (χ1v) is 8.15. The summed E-state index contributed by atoms with van der Waals surface area (Å²) in [5.74, 6) is -0.591. The van der Waals surface area contributed by atoms with Gasteiger partial charge < -0.3 is 10.1 Å². The second-order valence-electron chi connectivity index (χ2n) is 4.86. The maximum Gasteiger partial charge on any atom is 0.356 e. The quantitative estimate of drug-likeness (QED) is 0.803. The zero-order valence-corrected chi connectivity index (χ0v) is 14.1. The van der Waals surface area contributed by atoms with E-state index in [2.05, 4.69) is 15.0 Å². The lowest BCUT2D eigenvalue weighted by Gasteiger charge is -2.31. The van der Waals surface area contributed by atoms with E-state index in [9.17, 15) is 13.2 Å². The molecule has 0 aliphatic carbocycles. The summed E-state index contributed by atoms with van der Waals surface area (Å²) in [6.45, 7) is 0.941. The maximum absolute atomic E-state index is 12.5. The molecule has 124 valence electrons. The Hall–Kier alpha value is -1.22. The molecule has 0 radical (unpaired) electrons. The van der Waals surface area contributed by atoms with Gasteiger partial charge in [0.1, 0.15) is 10.6 Å². The Morgan fingerprint density at radius 1 is 1.45 bits per heavy atom. The predicted molar refractivity (Wildman–Crippen MR) is 83.7 cm³/mol. The van der Waals surface area contributed by atoms with E-state index in [1.165, 1.54) is 29.7 Å². The van der Waals surface area contributed by atoms with E-state index in [0.29, 0.717) is 13.1 Å². The predicted octanol–water partition coefficient (Wildman–Crippen LogP) is 0.662. The summed E-state index contributed by atoms with van der Waals surface area (Å²) >= 11 is 0. The Morgan fingerprint density at radius 3 is 2.73 bits per heavy atom. The summed E-state index contributed by atoms with van der Waals surface area (Å²) in [6.07, 6.45) is 2.98. The summed E-state index contributed by atoms with van der Waals surface area (Å²) in [5, 5.41) is 3.11. The van der Waals surface area contributed by atoms with Crippen LogP contribution < -0.4 is 5.32 Å². The molecule has 1 aliphatic rings. The zero-order valence-electron chi connectivity index (χ0n) is 12.5. The normalized spacial score (nSPS) is 19.3. The highest BCUT2D eigenvalue weighted by molar-refractivity contribution is 7.89. The number of nitrogens with one attached hydrogen (secondary N) is 1. The number of nitrogens with zero attached hydrogens (tertiary/aromatic N) is 2. The Balaban J connectivity index is 0.00000242. The first-order chi connectivity index (χ1) is 9.98. The van der Waals surface area contributed by atoms with Gasteiger partial charge >= 0.3 is 5.97 Å². The Kier molecular flexibility index (Phi) is 6.73. The number of carbonyl (C=O) groups is 1. The monoisotopic (exact) mass is 349 g/mol. The van der Waals surface area contributed by atoms with Crippen molar-refractivity contribution in [1.82, 2.24) is 14.6 Å². The van der Waals surface area contributed by atoms with Gasteiger partial charge in [0.05, 0.1) is 7.11 Å². The fourth-order valence-corrected chi connectivity index (χ4v) is 3.77. The molecule has 1 aromatic rings. The van der Waals surface area contributed by atoms with E-state index in [0.717, 1.165) is 12.8 Å². The van der Waals surface area contributed by atoms with Crippen molar-refractivity contribution in [1.29, 1.82) is 0 Å². The number of aromatic nitrogens is 1. The van der Waals surface area contributed by atoms with E-state index < -0.39 is 16.0 Å². The molecule has 1 N–H and O–H groups in total. The second kappa shape index (κ2) is 7.87. The van der Waals surface area contributed by atoms with Crippen LogP contribution in [0.3, 0.4) is 0 Å². The highest BCUT2D eigenvalue weighted by Crippen LogP contribution is 2.20. The number of ether oxygens (including phenoxy) is 1.